The summed E-state index contributed by atoms with van der Waals surface area (Å²) in [6.45, 7) is 6.12. The smallest absolute Gasteiger partial charge is 0.150 e. The van der Waals surface area contributed by atoms with Gasteiger partial charge in [0.25, 0.3) is 0 Å². The van der Waals surface area contributed by atoms with Gasteiger partial charge >= 0.3 is 0 Å². The maximum absolute atomic E-state index is 11.4. The van der Waals surface area contributed by atoms with Crippen LogP contribution in [0.25, 0.3) is 0 Å². The van der Waals surface area contributed by atoms with Gasteiger partial charge in [0.2, 0.25) is 0 Å². The SMILES string of the molecule is CC(C)CS(=O)(=O)CC(C)CN. The topological polar surface area (TPSA) is 60.2 Å². The molecule has 0 aromatic heterocycles. The first-order chi connectivity index (χ1) is 5.37. The largest absolute Gasteiger partial charge is 0.330 e. The van der Waals surface area contributed by atoms with E-state index in [4.69, 9.17) is 5.73 Å². The van der Waals surface area contributed by atoms with Gasteiger partial charge in [-0.25, -0.2) is 8.42 Å². The zero-order valence-corrected chi connectivity index (χ0v) is 8.89. The molecule has 0 heterocycles. The number of rotatable bonds is 5. The van der Waals surface area contributed by atoms with Crippen LogP contribution in [0, 0.1) is 11.8 Å². The summed E-state index contributed by atoms with van der Waals surface area (Å²) in [6, 6.07) is 0. The molecular weight excluding hydrogens is 174 g/mol. The van der Waals surface area contributed by atoms with Crippen molar-refractivity contribution >= 4 is 9.84 Å². The molecule has 12 heavy (non-hydrogen) atoms. The monoisotopic (exact) mass is 193 g/mol. The molecule has 0 spiro atoms. The van der Waals surface area contributed by atoms with Gasteiger partial charge in [-0.05, 0) is 18.4 Å². The quantitative estimate of drug-likeness (QED) is 0.697. The van der Waals surface area contributed by atoms with Crippen molar-refractivity contribution in [2.45, 2.75) is 20.8 Å². The highest BCUT2D eigenvalue weighted by atomic mass is 32.2. The van der Waals surface area contributed by atoms with Gasteiger partial charge < -0.3 is 5.73 Å². The third-order valence-electron chi connectivity index (χ3n) is 1.53. The van der Waals surface area contributed by atoms with E-state index in [1.54, 1.807) is 0 Å². The first-order valence-corrected chi connectivity index (χ1v) is 6.10. The van der Waals surface area contributed by atoms with E-state index in [-0.39, 0.29) is 23.3 Å². The zero-order valence-electron chi connectivity index (χ0n) is 8.08. The van der Waals surface area contributed by atoms with Crippen LogP contribution in [0.15, 0.2) is 0 Å². The van der Waals surface area contributed by atoms with E-state index in [0.29, 0.717) is 6.54 Å². The molecule has 0 saturated carbocycles. The Kier molecular flexibility index (Phi) is 4.78. The molecule has 0 radical (unpaired) electrons. The van der Waals surface area contributed by atoms with Gasteiger partial charge in [0.05, 0.1) is 11.5 Å². The molecule has 0 aliphatic rings. The summed E-state index contributed by atoms with van der Waals surface area (Å²) in [5.74, 6) is 0.785. The lowest BCUT2D eigenvalue weighted by Crippen LogP contribution is -2.24. The van der Waals surface area contributed by atoms with Crippen molar-refractivity contribution in [2.24, 2.45) is 17.6 Å². The van der Waals surface area contributed by atoms with Crippen molar-refractivity contribution in [1.29, 1.82) is 0 Å². The molecule has 4 heteroatoms. The fourth-order valence-electron chi connectivity index (χ4n) is 1.08. The van der Waals surface area contributed by atoms with Crippen LogP contribution in [-0.2, 0) is 9.84 Å². The Morgan fingerprint density at radius 3 is 2.00 bits per heavy atom. The minimum atomic E-state index is -2.87. The van der Waals surface area contributed by atoms with E-state index in [9.17, 15) is 8.42 Å². The third-order valence-corrected chi connectivity index (χ3v) is 3.78. The van der Waals surface area contributed by atoms with Crippen LogP contribution >= 0.6 is 0 Å². The first kappa shape index (κ1) is 11.9. The lowest BCUT2D eigenvalue weighted by Gasteiger charge is -2.10. The lowest BCUT2D eigenvalue weighted by atomic mass is 10.2. The molecule has 1 unspecified atom stereocenters. The van der Waals surface area contributed by atoms with Crippen molar-refractivity contribution in [3.05, 3.63) is 0 Å². The Labute approximate surface area is 75.3 Å². The minimum absolute atomic E-state index is 0.0775. The molecule has 0 aliphatic heterocycles. The number of hydrogen-bond donors (Lipinski definition) is 1. The predicted octanol–water partition coefficient (Wildman–Crippen LogP) is 0.652. The van der Waals surface area contributed by atoms with Gasteiger partial charge in [-0.15, -0.1) is 0 Å². The van der Waals surface area contributed by atoms with Crippen molar-refractivity contribution in [1.82, 2.24) is 0 Å². The minimum Gasteiger partial charge on any atom is -0.330 e. The lowest BCUT2D eigenvalue weighted by molar-refractivity contribution is 0.562. The van der Waals surface area contributed by atoms with Crippen LogP contribution in [0.3, 0.4) is 0 Å². The van der Waals surface area contributed by atoms with Crippen LogP contribution < -0.4 is 5.73 Å². The van der Waals surface area contributed by atoms with Crippen LogP contribution in [0.4, 0.5) is 0 Å². The number of nitrogens with two attached hydrogens (primary N) is 1. The average molecular weight is 193 g/mol. The molecule has 74 valence electrons. The van der Waals surface area contributed by atoms with Crippen molar-refractivity contribution in [3.8, 4) is 0 Å². The maximum atomic E-state index is 11.4. The average Bonchev–Trinajstić information content (AvgIpc) is 1.83. The standard InChI is InChI=1S/C8H19NO2S/c1-7(2)5-12(10,11)6-8(3)4-9/h7-8H,4-6,9H2,1-3H3. The Balaban J connectivity index is 4.05. The van der Waals surface area contributed by atoms with Gasteiger partial charge in [-0.1, -0.05) is 20.8 Å². The number of hydrogen-bond acceptors (Lipinski definition) is 3. The summed E-state index contributed by atoms with van der Waals surface area (Å²) in [5.41, 5.74) is 5.35. The summed E-state index contributed by atoms with van der Waals surface area (Å²) in [5, 5.41) is 0. The number of sulfone groups is 1. The van der Waals surface area contributed by atoms with Crippen molar-refractivity contribution in [3.63, 3.8) is 0 Å². The summed E-state index contributed by atoms with van der Waals surface area (Å²) in [6.07, 6.45) is 0. The fourth-order valence-corrected chi connectivity index (χ4v) is 3.23. The molecule has 0 aliphatic carbocycles. The van der Waals surface area contributed by atoms with Gasteiger partial charge in [-0.2, -0.15) is 0 Å². The zero-order chi connectivity index (χ0) is 9.78. The van der Waals surface area contributed by atoms with Gasteiger partial charge in [-0.3, -0.25) is 0 Å². The van der Waals surface area contributed by atoms with Gasteiger partial charge in [0, 0.05) is 0 Å². The summed E-state index contributed by atoms with van der Waals surface area (Å²) < 4.78 is 22.7. The second-order valence-corrected chi connectivity index (χ2v) is 5.97. The van der Waals surface area contributed by atoms with E-state index < -0.39 is 9.84 Å². The fraction of sp³-hybridized carbons (Fsp3) is 1.00. The molecule has 0 bridgehead atoms. The highest BCUT2D eigenvalue weighted by molar-refractivity contribution is 7.91. The second kappa shape index (κ2) is 4.82. The van der Waals surface area contributed by atoms with Crippen LogP contribution in [0.5, 0.6) is 0 Å². The van der Waals surface area contributed by atoms with Crippen LogP contribution in [0.1, 0.15) is 20.8 Å². The summed E-state index contributed by atoms with van der Waals surface area (Å²) in [4.78, 5) is 0. The highest BCUT2D eigenvalue weighted by Gasteiger charge is 2.16. The van der Waals surface area contributed by atoms with E-state index in [1.807, 2.05) is 20.8 Å². The van der Waals surface area contributed by atoms with Crippen LogP contribution in [0.2, 0.25) is 0 Å². The van der Waals surface area contributed by atoms with Gasteiger partial charge in [0.15, 0.2) is 9.84 Å². The van der Waals surface area contributed by atoms with E-state index in [0.717, 1.165) is 0 Å². The molecule has 2 N–H and O–H groups in total. The molecule has 0 rings (SSSR count). The molecule has 0 amide bonds. The molecule has 1 atom stereocenters. The summed E-state index contributed by atoms with van der Waals surface area (Å²) >= 11 is 0. The molecule has 0 aromatic carbocycles. The molecular formula is C8H19NO2S. The highest BCUT2D eigenvalue weighted by Crippen LogP contribution is 2.05. The molecule has 3 nitrogen and oxygen atoms in total. The Morgan fingerprint density at radius 2 is 1.67 bits per heavy atom. The molecule has 0 fully saturated rings. The van der Waals surface area contributed by atoms with E-state index in [2.05, 4.69) is 0 Å². The maximum Gasteiger partial charge on any atom is 0.150 e. The van der Waals surface area contributed by atoms with Crippen LogP contribution in [-0.4, -0.2) is 26.5 Å². The third kappa shape index (κ3) is 5.55. The van der Waals surface area contributed by atoms with Gasteiger partial charge in [0.1, 0.15) is 0 Å². The Bertz CT molecular complexity index is 209. The molecule has 0 saturated heterocycles. The first-order valence-electron chi connectivity index (χ1n) is 4.28. The molecule has 0 aromatic rings. The summed E-state index contributed by atoms with van der Waals surface area (Å²) in [7, 11) is -2.87. The normalized spacial score (nSPS) is 15.1. The van der Waals surface area contributed by atoms with Crippen molar-refractivity contribution < 1.29 is 8.42 Å². The van der Waals surface area contributed by atoms with E-state index >= 15 is 0 Å². The predicted molar refractivity (Wildman–Crippen MR) is 51.7 cm³/mol. The Hall–Kier alpha value is -0.0900. The van der Waals surface area contributed by atoms with Crippen molar-refractivity contribution in [2.75, 3.05) is 18.1 Å². The Morgan fingerprint density at radius 1 is 1.17 bits per heavy atom. The second-order valence-electron chi connectivity index (χ2n) is 3.81. The van der Waals surface area contributed by atoms with E-state index in [1.165, 1.54) is 0 Å².